The molecule has 0 saturated carbocycles. The summed E-state index contributed by atoms with van der Waals surface area (Å²) in [7, 11) is 0. The van der Waals surface area contributed by atoms with Crippen molar-refractivity contribution in [3.8, 4) is 5.75 Å². The lowest BCUT2D eigenvalue weighted by molar-refractivity contribution is -0.384. The SMILES string of the molecule is O=[N+]([O-])c1ccc(CO)cc1NCCOc1ccc(F)cc1F. The van der Waals surface area contributed by atoms with E-state index in [0.717, 1.165) is 6.07 Å². The molecule has 0 fully saturated rings. The number of nitro groups is 1. The van der Waals surface area contributed by atoms with E-state index in [4.69, 9.17) is 9.84 Å². The van der Waals surface area contributed by atoms with Crippen LogP contribution in [0.15, 0.2) is 36.4 Å². The third kappa shape index (κ3) is 4.36. The topological polar surface area (TPSA) is 84.6 Å². The van der Waals surface area contributed by atoms with Crippen molar-refractivity contribution in [1.29, 1.82) is 0 Å². The quantitative estimate of drug-likeness (QED) is 0.465. The first-order valence-corrected chi connectivity index (χ1v) is 6.71. The molecule has 2 aromatic rings. The highest BCUT2D eigenvalue weighted by Crippen LogP contribution is 2.25. The van der Waals surface area contributed by atoms with Crippen LogP contribution < -0.4 is 10.1 Å². The zero-order chi connectivity index (χ0) is 16.8. The van der Waals surface area contributed by atoms with Crippen molar-refractivity contribution in [3.05, 3.63) is 63.7 Å². The Morgan fingerprint density at radius 1 is 1.22 bits per heavy atom. The molecule has 0 bridgehead atoms. The summed E-state index contributed by atoms with van der Waals surface area (Å²) in [6, 6.07) is 7.14. The molecule has 0 spiro atoms. The Labute approximate surface area is 130 Å². The highest BCUT2D eigenvalue weighted by molar-refractivity contribution is 5.62. The molecule has 0 aliphatic carbocycles. The van der Waals surface area contributed by atoms with Crippen LogP contribution in [-0.4, -0.2) is 23.2 Å². The van der Waals surface area contributed by atoms with Gasteiger partial charge in [0, 0.05) is 18.7 Å². The van der Waals surface area contributed by atoms with Crippen molar-refractivity contribution in [2.75, 3.05) is 18.5 Å². The number of nitrogens with one attached hydrogen (secondary N) is 1. The fourth-order valence-corrected chi connectivity index (χ4v) is 1.92. The van der Waals surface area contributed by atoms with Gasteiger partial charge in [0.15, 0.2) is 11.6 Å². The van der Waals surface area contributed by atoms with E-state index in [-0.39, 0.29) is 36.9 Å². The lowest BCUT2D eigenvalue weighted by Crippen LogP contribution is -2.13. The van der Waals surface area contributed by atoms with Crippen LogP contribution in [0.3, 0.4) is 0 Å². The Bertz CT molecular complexity index is 710. The van der Waals surface area contributed by atoms with Gasteiger partial charge in [-0.15, -0.1) is 0 Å². The van der Waals surface area contributed by atoms with Crippen molar-refractivity contribution in [2.24, 2.45) is 0 Å². The average Bonchev–Trinajstić information content (AvgIpc) is 2.52. The minimum Gasteiger partial charge on any atom is -0.489 e. The largest absolute Gasteiger partial charge is 0.489 e. The van der Waals surface area contributed by atoms with Gasteiger partial charge >= 0.3 is 0 Å². The predicted octanol–water partition coefficient (Wildman–Crippen LogP) is 2.86. The highest BCUT2D eigenvalue weighted by atomic mass is 19.1. The maximum Gasteiger partial charge on any atom is 0.292 e. The lowest BCUT2D eigenvalue weighted by atomic mass is 10.2. The van der Waals surface area contributed by atoms with Crippen molar-refractivity contribution in [1.82, 2.24) is 0 Å². The molecule has 0 amide bonds. The molecule has 0 aromatic heterocycles. The number of aliphatic hydroxyl groups is 1. The molecule has 8 heteroatoms. The Hall–Kier alpha value is -2.74. The summed E-state index contributed by atoms with van der Waals surface area (Å²) in [5, 5.41) is 22.8. The van der Waals surface area contributed by atoms with Gasteiger partial charge < -0.3 is 15.2 Å². The number of anilines is 1. The molecule has 0 unspecified atom stereocenters. The van der Waals surface area contributed by atoms with Crippen molar-refractivity contribution >= 4 is 11.4 Å². The van der Waals surface area contributed by atoms with E-state index in [1.165, 1.54) is 24.3 Å². The molecule has 2 N–H and O–H groups in total. The zero-order valence-corrected chi connectivity index (χ0v) is 12.0. The molecule has 23 heavy (non-hydrogen) atoms. The molecule has 0 aliphatic rings. The van der Waals surface area contributed by atoms with Crippen LogP contribution in [-0.2, 0) is 6.61 Å². The predicted molar refractivity (Wildman–Crippen MR) is 79.4 cm³/mol. The molecular weight excluding hydrogens is 310 g/mol. The number of nitrogens with zero attached hydrogens (tertiary/aromatic N) is 1. The van der Waals surface area contributed by atoms with Crippen LogP contribution in [0.1, 0.15) is 5.56 Å². The van der Waals surface area contributed by atoms with Crippen LogP contribution in [0.25, 0.3) is 0 Å². The third-order valence-corrected chi connectivity index (χ3v) is 3.01. The Morgan fingerprint density at radius 2 is 2.00 bits per heavy atom. The fraction of sp³-hybridized carbons (Fsp3) is 0.200. The van der Waals surface area contributed by atoms with Gasteiger partial charge in [0.05, 0.1) is 11.5 Å². The molecule has 0 radical (unpaired) electrons. The number of halogens is 2. The number of hydrogen-bond acceptors (Lipinski definition) is 5. The van der Waals surface area contributed by atoms with Crippen molar-refractivity contribution in [3.63, 3.8) is 0 Å². The first-order chi connectivity index (χ1) is 11.0. The third-order valence-electron chi connectivity index (χ3n) is 3.01. The molecule has 0 aliphatic heterocycles. The summed E-state index contributed by atoms with van der Waals surface area (Å²) in [5.41, 5.74) is 0.600. The van der Waals surface area contributed by atoms with Gasteiger partial charge in [-0.25, -0.2) is 8.78 Å². The van der Waals surface area contributed by atoms with Crippen LogP contribution in [0, 0.1) is 21.7 Å². The minimum absolute atomic E-state index is 0.0169. The molecular formula is C15H14F2N2O4. The number of aliphatic hydroxyl groups excluding tert-OH is 1. The minimum atomic E-state index is -0.821. The van der Waals surface area contributed by atoms with E-state index in [1.807, 2.05) is 0 Å². The summed E-state index contributed by atoms with van der Waals surface area (Å²) >= 11 is 0. The van der Waals surface area contributed by atoms with E-state index >= 15 is 0 Å². The first kappa shape index (κ1) is 16.6. The molecule has 2 aromatic carbocycles. The van der Waals surface area contributed by atoms with Crippen LogP contribution in [0.5, 0.6) is 5.75 Å². The molecule has 0 saturated heterocycles. The maximum absolute atomic E-state index is 13.4. The second-order valence-corrected chi connectivity index (χ2v) is 4.62. The van der Waals surface area contributed by atoms with Crippen molar-refractivity contribution < 1.29 is 23.5 Å². The Kier molecular flexibility index (Phi) is 5.42. The van der Waals surface area contributed by atoms with Gasteiger partial charge in [-0.2, -0.15) is 0 Å². The number of rotatable bonds is 7. The van der Waals surface area contributed by atoms with E-state index in [9.17, 15) is 18.9 Å². The normalized spacial score (nSPS) is 10.4. The first-order valence-electron chi connectivity index (χ1n) is 6.71. The number of nitro benzene ring substituents is 1. The van der Waals surface area contributed by atoms with E-state index in [0.29, 0.717) is 11.6 Å². The summed E-state index contributed by atoms with van der Waals surface area (Å²) in [6.45, 7) is -0.0699. The molecule has 0 heterocycles. The fourth-order valence-electron chi connectivity index (χ4n) is 1.92. The van der Waals surface area contributed by atoms with Crippen molar-refractivity contribution in [2.45, 2.75) is 6.61 Å². The zero-order valence-electron chi connectivity index (χ0n) is 12.0. The summed E-state index contributed by atoms with van der Waals surface area (Å²) < 4.78 is 31.3. The molecule has 2 rings (SSSR count). The second-order valence-electron chi connectivity index (χ2n) is 4.62. The summed E-state index contributed by atoms with van der Waals surface area (Å²) in [5.74, 6) is -1.63. The van der Waals surface area contributed by atoms with Gasteiger partial charge in [0.2, 0.25) is 0 Å². The highest BCUT2D eigenvalue weighted by Gasteiger charge is 2.13. The number of ether oxygens (including phenoxy) is 1. The lowest BCUT2D eigenvalue weighted by Gasteiger charge is -2.10. The number of hydrogen-bond donors (Lipinski definition) is 2. The van der Waals surface area contributed by atoms with Gasteiger partial charge in [0.1, 0.15) is 18.1 Å². The monoisotopic (exact) mass is 324 g/mol. The van der Waals surface area contributed by atoms with Gasteiger partial charge in [-0.05, 0) is 29.8 Å². The van der Waals surface area contributed by atoms with Crippen LogP contribution in [0.2, 0.25) is 0 Å². The second kappa shape index (κ2) is 7.50. The van der Waals surface area contributed by atoms with Gasteiger partial charge in [-0.3, -0.25) is 10.1 Å². The van der Waals surface area contributed by atoms with Gasteiger partial charge in [-0.1, -0.05) is 0 Å². The smallest absolute Gasteiger partial charge is 0.292 e. The molecule has 0 atom stereocenters. The number of benzene rings is 2. The maximum atomic E-state index is 13.4. The summed E-state index contributed by atoms with van der Waals surface area (Å²) in [4.78, 5) is 10.4. The molecule has 122 valence electrons. The van der Waals surface area contributed by atoms with Crippen LogP contribution in [0.4, 0.5) is 20.2 Å². The van der Waals surface area contributed by atoms with E-state index in [1.54, 1.807) is 0 Å². The molecule has 6 nitrogen and oxygen atoms in total. The standard InChI is InChI=1S/C15H14F2N2O4/c16-11-2-4-15(12(17)8-11)23-6-5-18-13-7-10(9-20)1-3-14(13)19(21)22/h1-4,7-8,18,20H,5-6,9H2. The Balaban J connectivity index is 1.96. The van der Waals surface area contributed by atoms with E-state index in [2.05, 4.69) is 5.32 Å². The van der Waals surface area contributed by atoms with Gasteiger partial charge in [0.25, 0.3) is 5.69 Å². The average molecular weight is 324 g/mol. The van der Waals surface area contributed by atoms with E-state index < -0.39 is 16.6 Å². The Morgan fingerprint density at radius 3 is 2.65 bits per heavy atom. The summed E-state index contributed by atoms with van der Waals surface area (Å²) in [6.07, 6.45) is 0. The van der Waals surface area contributed by atoms with Crippen LogP contribution >= 0.6 is 0 Å².